The molecule has 0 N–H and O–H groups in total. The molecule has 2 nitrogen and oxygen atoms in total. The van der Waals surface area contributed by atoms with E-state index in [1.54, 1.807) is 0 Å². The Morgan fingerprint density at radius 1 is 1.22 bits per heavy atom. The van der Waals surface area contributed by atoms with Crippen LogP contribution < -0.4 is 4.74 Å². The minimum atomic E-state index is -0.630. The summed E-state index contributed by atoms with van der Waals surface area (Å²) < 4.78 is 11.8. The maximum atomic E-state index is 6.06. The van der Waals surface area contributed by atoms with E-state index in [0.29, 0.717) is 6.61 Å². The van der Waals surface area contributed by atoms with Gasteiger partial charge in [-0.05, 0) is 24.0 Å². The van der Waals surface area contributed by atoms with Crippen molar-refractivity contribution in [3.8, 4) is 5.75 Å². The Hall–Kier alpha value is -1.32. The summed E-state index contributed by atoms with van der Waals surface area (Å²) in [6.45, 7) is 5.02. The lowest BCUT2D eigenvalue weighted by molar-refractivity contribution is 0.150. The van der Waals surface area contributed by atoms with Crippen molar-refractivity contribution in [1.29, 1.82) is 0 Å². The predicted octanol–water partition coefficient (Wildman–Crippen LogP) is 3.41. The molecule has 1 radical (unpaired) electrons. The fourth-order valence-electron chi connectivity index (χ4n) is 2.39. The van der Waals surface area contributed by atoms with Crippen molar-refractivity contribution >= 4 is 19.8 Å². The van der Waals surface area contributed by atoms with Gasteiger partial charge in [0.1, 0.15) is 11.9 Å². The highest BCUT2D eigenvalue weighted by molar-refractivity contribution is 6.48. The van der Waals surface area contributed by atoms with Crippen LogP contribution in [-0.4, -0.2) is 21.8 Å². The SMILES string of the molecule is C[Si](C)OCC1Cc2ccc3ccccc3c2O1. The van der Waals surface area contributed by atoms with Crippen molar-refractivity contribution in [2.45, 2.75) is 25.6 Å². The summed E-state index contributed by atoms with van der Waals surface area (Å²) in [6.07, 6.45) is 1.15. The Kier molecular flexibility index (Phi) is 3.10. The molecule has 1 aliphatic heterocycles. The molecule has 3 rings (SSSR count). The standard InChI is InChI=1S/C15H17O2Si/c1-18(2)16-10-13-9-12-8-7-11-5-3-4-6-14(11)15(12)17-13/h3-8,13H,9-10H2,1-2H3. The van der Waals surface area contributed by atoms with Crippen LogP contribution in [0.1, 0.15) is 5.56 Å². The average molecular weight is 257 g/mol. The first-order valence-corrected chi connectivity index (χ1v) is 8.75. The maximum Gasteiger partial charge on any atom is 0.205 e. The predicted molar refractivity (Wildman–Crippen MR) is 75.5 cm³/mol. The monoisotopic (exact) mass is 257 g/mol. The molecule has 0 aromatic heterocycles. The van der Waals surface area contributed by atoms with E-state index in [-0.39, 0.29) is 6.10 Å². The molecule has 93 valence electrons. The molecule has 18 heavy (non-hydrogen) atoms. The summed E-state index contributed by atoms with van der Waals surface area (Å²) in [5.74, 6) is 1.06. The van der Waals surface area contributed by atoms with Crippen LogP contribution in [0.3, 0.4) is 0 Å². The molecule has 2 aromatic rings. The van der Waals surface area contributed by atoms with Crippen molar-refractivity contribution in [2.75, 3.05) is 6.61 Å². The second kappa shape index (κ2) is 4.75. The van der Waals surface area contributed by atoms with Gasteiger partial charge in [-0.2, -0.15) is 0 Å². The Bertz CT molecular complexity index is 565. The van der Waals surface area contributed by atoms with Crippen LogP contribution in [0.15, 0.2) is 36.4 Å². The maximum absolute atomic E-state index is 6.06. The second-order valence-electron chi connectivity index (χ2n) is 4.94. The van der Waals surface area contributed by atoms with Gasteiger partial charge in [0.25, 0.3) is 0 Å². The van der Waals surface area contributed by atoms with Crippen molar-refractivity contribution in [3.05, 3.63) is 42.0 Å². The number of hydrogen-bond donors (Lipinski definition) is 0. The number of fused-ring (bicyclic) bond motifs is 3. The van der Waals surface area contributed by atoms with Crippen molar-refractivity contribution in [2.24, 2.45) is 0 Å². The fourth-order valence-corrected chi connectivity index (χ4v) is 2.91. The van der Waals surface area contributed by atoms with Crippen molar-refractivity contribution in [3.63, 3.8) is 0 Å². The van der Waals surface area contributed by atoms with Gasteiger partial charge in [-0.1, -0.05) is 36.4 Å². The van der Waals surface area contributed by atoms with Gasteiger partial charge < -0.3 is 9.16 Å². The van der Waals surface area contributed by atoms with Crippen LogP contribution in [-0.2, 0) is 10.8 Å². The Morgan fingerprint density at radius 2 is 2.06 bits per heavy atom. The quantitative estimate of drug-likeness (QED) is 0.785. The van der Waals surface area contributed by atoms with E-state index >= 15 is 0 Å². The summed E-state index contributed by atoms with van der Waals surface area (Å²) in [7, 11) is -0.630. The molecule has 0 aliphatic carbocycles. The molecule has 1 aliphatic rings. The molecular formula is C15H17O2Si. The summed E-state index contributed by atoms with van der Waals surface area (Å²) in [4.78, 5) is 0. The van der Waals surface area contributed by atoms with Crippen molar-refractivity contribution < 1.29 is 9.16 Å². The molecule has 1 unspecified atom stereocenters. The number of benzene rings is 2. The molecular weight excluding hydrogens is 240 g/mol. The summed E-state index contributed by atoms with van der Waals surface area (Å²) in [6, 6.07) is 12.7. The lowest BCUT2D eigenvalue weighted by Gasteiger charge is -2.13. The highest BCUT2D eigenvalue weighted by Crippen LogP contribution is 2.36. The lowest BCUT2D eigenvalue weighted by atomic mass is 10.0. The summed E-state index contributed by atoms with van der Waals surface area (Å²) >= 11 is 0. The smallest absolute Gasteiger partial charge is 0.205 e. The van der Waals surface area contributed by atoms with Gasteiger partial charge >= 0.3 is 0 Å². The zero-order valence-corrected chi connectivity index (χ0v) is 11.8. The van der Waals surface area contributed by atoms with Gasteiger partial charge in [0.15, 0.2) is 0 Å². The number of ether oxygens (including phenoxy) is 1. The largest absolute Gasteiger partial charge is 0.487 e. The van der Waals surface area contributed by atoms with E-state index in [9.17, 15) is 0 Å². The number of hydrogen-bond acceptors (Lipinski definition) is 2. The Balaban J connectivity index is 1.86. The first-order valence-electron chi connectivity index (χ1n) is 6.34. The van der Waals surface area contributed by atoms with E-state index in [0.717, 1.165) is 12.2 Å². The zero-order valence-electron chi connectivity index (χ0n) is 10.8. The summed E-state index contributed by atoms with van der Waals surface area (Å²) in [5, 5.41) is 2.46. The summed E-state index contributed by atoms with van der Waals surface area (Å²) in [5.41, 5.74) is 1.31. The van der Waals surface area contributed by atoms with Crippen LogP contribution in [0.4, 0.5) is 0 Å². The molecule has 0 saturated carbocycles. The topological polar surface area (TPSA) is 18.5 Å². The molecule has 2 aromatic carbocycles. The zero-order chi connectivity index (χ0) is 12.5. The van der Waals surface area contributed by atoms with Gasteiger partial charge in [-0.3, -0.25) is 0 Å². The van der Waals surface area contributed by atoms with Crippen molar-refractivity contribution in [1.82, 2.24) is 0 Å². The third kappa shape index (κ3) is 2.16. The highest BCUT2D eigenvalue weighted by Gasteiger charge is 2.24. The number of rotatable bonds is 3. The Morgan fingerprint density at radius 3 is 2.89 bits per heavy atom. The van der Waals surface area contributed by atoms with E-state index in [2.05, 4.69) is 49.5 Å². The molecule has 0 bridgehead atoms. The van der Waals surface area contributed by atoms with E-state index in [4.69, 9.17) is 9.16 Å². The minimum Gasteiger partial charge on any atom is -0.487 e. The van der Waals surface area contributed by atoms with Gasteiger partial charge in [0.2, 0.25) is 9.04 Å². The molecule has 1 atom stereocenters. The van der Waals surface area contributed by atoms with Crippen LogP contribution in [0.2, 0.25) is 13.1 Å². The molecule has 0 spiro atoms. The second-order valence-corrected chi connectivity index (χ2v) is 7.04. The average Bonchev–Trinajstić information content (AvgIpc) is 2.79. The van der Waals surface area contributed by atoms with Crippen LogP contribution in [0, 0.1) is 0 Å². The van der Waals surface area contributed by atoms with Gasteiger partial charge in [0.05, 0.1) is 6.61 Å². The Labute approximate surface area is 109 Å². The van der Waals surface area contributed by atoms with E-state index in [1.807, 2.05) is 0 Å². The minimum absolute atomic E-state index is 0.186. The van der Waals surface area contributed by atoms with Crippen LogP contribution in [0.5, 0.6) is 5.75 Å². The molecule has 0 amide bonds. The third-order valence-corrected chi connectivity index (χ3v) is 4.00. The third-order valence-electron chi connectivity index (χ3n) is 3.25. The van der Waals surface area contributed by atoms with Gasteiger partial charge in [-0.25, -0.2) is 0 Å². The lowest BCUT2D eigenvalue weighted by Crippen LogP contribution is -2.24. The highest BCUT2D eigenvalue weighted by atomic mass is 28.3. The molecule has 0 fully saturated rings. The molecule has 3 heteroatoms. The first kappa shape index (κ1) is 11.7. The van der Waals surface area contributed by atoms with Crippen LogP contribution >= 0.6 is 0 Å². The van der Waals surface area contributed by atoms with E-state index < -0.39 is 9.04 Å². The van der Waals surface area contributed by atoms with E-state index in [1.165, 1.54) is 16.3 Å². The molecule has 0 saturated heterocycles. The first-order chi connectivity index (χ1) is 8.74. The fraction of sp³-hybridized carbons (Fsp3) is 0.333. The van der Waals surface area contributed by atoms with Gasteiger partial charge in [0, 0.05) is 11.8 Å². The van der Waals surface area contributed by atoms with Crippen LogP contribution in [0.25, 0.3) is 10.8 Å². The molecule has 1 heterocycles. The van der Waals surface area contributed by atoms with Gasteiger partial charge in [-0.15, -0.1) is 0 Å². The normalized spacial score (nSPS) is 18.1.